The van der Waals surface area contributed by atoms with E-state index in [9.17, 15) is 4.79 Å². The SMILES string of the molecule is C[C-]=C(C)N([C-]=O)C(=N[N]=[W])[C](C)=[W].[W].[W].[W].[W].[W].[W].[W]. The van der Waals surface area contributed by atoms with Crippen LogP contribution in [0, 0.1) is 6.08 Å². The van der Waals surface area contributed by atoms with Crippen LogP contribution >= 0.6 is 0 Å². The molecular formula is C8H9N3OW9-2. The van der Waals surface area contributed by atoms with Gasteiger partial charge in [0.25, 0.3) is 0 Å². The molecule has 0 aliphatic rings. The van der Waals surface area contributed by atoms with Gasteiger partial charge >= 0.3 is 106 Å². The van der Waals surface area contributed by atoms with E-state index in [1.807, 2.05) is 13.3 Å². The molecule has 0 heterocycles. The van der Waals surface area contributed by atoms with Crippen molar-refractivity contribution in [2.45, 2.75) is 20.8 Å². The van der Waals surface area contributed by atoms with Gasteiger partial charge in [-0.25, -0.2) is 0 Å². The Hall–Kier alpha value is 4.74. The monoisotopic (exact) mass is 1820 g/mol. The van der Waals surface area contributed by atoms with Crippen LogP contribution in [0.4, 0.5) is 0 Å². The van der Waals surface area contributed by atoms with E-state index in [4.69, 9.17) is 0 Å². The Kier molecular flexibility index (Phi) is 77.3. The van der Waals surface area contributed by atoms with Crippen molar-refractivity contribution in [1.82, 2.24) is 4.90 Å². The van der Waals surface area contributed by atoms with Crippen molar-refractivity contribution in [2.24, 2.45) is 8.71 Å². The molecule has 0 rings (SSSR count). The van der Waals surface area contributed by atoms with Crippen molar-refractivity contribution in [1.29, 1.82) is 0 Å². The van der Waals surface area contributed by atoms with Crippen molar-refractivity contribution in [3.8, 4) is 0 Å². The summed E-state index contributed by atoms with van der Waals surface area (Å²) in [6.07, 6.45) is 4.68. The molecule has 0 aliphatic carbocycles. The molecular weight excluding hydrogens is 1810 g/mol. The molecule has 0 aliphatic heterocycles. The van der Waals surface area contributed by atoms with Crippen LogP contribution in [0.25, 0.3) is 0 Å². The minimum Gasteiger partial charge on any atom is 0 e. The van der Waals surface area contributed by atoms with Crippen molar-refractivity contribution < 1.29 is 191 Å². The summed E-state index contributed by atoms with van der Waals surface area (Å²) in [6, 6.07) is 0. The summed E-state index contributed by atoms with van der Waals surface area (Å²) in [6.45, 7) is 5.42. The normalized spacial score (nSPS) is 8.14. The molecule has 118 valence electrons. The molecule has 0 atom stereocenters. The smallest absolute Gasteiger partial charge is 0 e. The first-order valence-electron chi connectivity index (χ1n) is 3.69. The molecule has 0 unspecified atom stereocenters. The number of hydrogen-bond acceptors (Lipinski definition) is 3. The predicted molar refractivity (Wildman–Crippen MR) is 46.2 cm³/mol. The fourth-order valence-corrected chi connectivity index (χ4v) is 1.45. The first-order chi connectivity index (χ1) is 6.58. The van der Waals surface area contributed by atoms with E-state index in [0.29, 0.717) is 11.5 Å². The van der Waals surface area contributed by atoms with Gasteiger partial charge in [0.2, 0.25) is 0 Å². The Labute approximate surface area is 248 Å². The third kappa shape index (κ3) is 22.7. The number of hydrogen-bond donors (Lipinski definition) is 0. The van der Waals surface area contributed by atoms with Crippen LogP contribution in [0.3, 0.4) is 0 Å². The number of allylic oxidation sites excluding steroid dienone is 2. The van der Waals surface area contributed by atoms with E-state index in [2.05, 4.69) is 14.8 Å². The molecule has 0 aromatic carbocycles. The molecule has 0 fully saturated rings. The third-order valence-corrected chi connectivity index (χ3v) is 2.40. The van der Waals surface area contributed by atoms with Gasteiger partial charge < -0.3 is 0 Å². The van der Waals surface area contributed by atoms with Crippen LogP contribution in [0.1, 0.15) is 20.8 Å². The van der Waals surface area contributed by atoms with Crippen LogP contribution in [-0.4, -0.2) is 21.0 Å². The van der Waals surface area contributed by atoms with Gasteiger partial charge in [-0.15, -0.1) is 0 Å². The largest absolute Gasteiger partial charge is 0 e. The quantitative estimate of drug-likeness (QED) is 0.136. The maximum atomic E-state index is 10.7. The number of rotatable bonds is 4. The summed E-state index contributed by atoms with van der Waals surface area (Å²) in [7, 11) is 0. The fraction of sp³-hybridized carbons (Fsp3) is 0.375. The van der Waals surface area contributed by atoms with E-state index in [1.165, 1.54) is 24.3 Å². The summed E-state index contributed by atoms with van der Waals surface area (Å²) in [4.78, 5) is 12.1. The van der Waals surface area contributed by atoms with Gasteiger partial charge in [0, 0.05) is 147 Å². The second kappa shape index (κ2) is 32.4. The van der Waals surface area contributed by atoms with Gasteiger partial charge in [-0.3, -0.25) is 0 Å². The molecule has 21 heavy (non-hydrogen) atoms. The predicted octanol–water partition coefficient (Wildman–Crippen LogP) is 0.848. The minimum atomic E-state index is 0. The zero-order valence-electron chi connectivity index (χ0n) is 10.9. The van der Waals surface area contributed by atoms with Crippen LogP contribution < -0.4 is 0 Å². The van der Waals surface area contributed by atoms with Gasteiger partial charge in [-0.05, 0) is 0 Å². The Morgan fingerprint density at radius 1 is 1.00 bits per heavy atom. The average Bonchev–Trinajstić information content (AvgIpc) is 2.16. The van der Waals surface area contributed by atoms with Crippen LogP contribution in [0.5, 0.6) is 0 Å². The van der Waals surface area contributed by atoms with E-state index in [1.54, 1.807) is 13.8 Å². The average molecular weight is 1820 g/mol. The molecule has 0 saturated heterocycles. The fourth-order valence-electron chi connectivity index (χ4n) is 0.694. The topological polar surface area (TPSA) is 45.0 Å². The number of amidine groups is 1. The number of carbonyl (C=O) groups excluding carboxylic acids is 1. The van der Waals surface area contributed by atoms with Crippen molar-refractivity contribution in [2.75, 3.05) is 0 Å². The standard InChI is InChI=1S/C8H9N3O.9W/c1-4-7(3)11(6-12)8(5-2)10-9;;;;;;;;;/h1-3H3;;;;;;;;;/q-2;;;;;;;;;. The Morgan fingerprint density at radius 3 is 1.57 bits per heavy atom. The number of amides is 1. The van der Waals surface area contributed by atoms with Gasteiger partial charge in [0.1, 0.15) is 0 Å². The van der Waals surface area contributed by atoms with E-state index >= 15 is 0 Å². The summed E-state index contributed by atoms with van der Waals surface area (Å²) < 4.78 is 4.74. The molecule has 0 spiro atoms. The molecule has 0 bridgehead atoms. The molecule has 0 radical (unpaired) electrons. The van der Waals surface area contributed by atoms with Gasteiger partial charge in [-0.1, -0.05) is 0 Å². The molecule has 0 aromatic rings. The maximum absolute atomic E-state index is 10.7. The van der Waals surface area contributed by atoms with Crippen molar-refractivity contribution >= 4 is 16.1 Å². The Morgan fingerprint density at radius 2 is 1.38 bits per heavy atom. The van der Waals surface area contributed by atoms with E-state index < -0.39 is 0 Å². The molecule has 4 nitrogen and oxygen atoms in total. The summed E-state index contributed by atoms with van der Waals surface area (Å²) in [5, 5.41) is 3.93. The van der Waals surface area contributed by atoms with E-state index in [-0.39, 0.29) is 147 Å². The molecule has 1 amide bonds. The van der Waals surface area contributed by atoms with E-state index in [0.717, 1.165) is 23.5 Å². The third-order valence-electron chi connectivity index (χ3n) is 1.45. The van der Waals surface area contributed by atoms with Gasteiger partial charge in [0.15, 0.2) is 0 Å². The van der Waals surface area contributed by atoms with Crippen molar-refractivity contribution in [3.05, 3.63) is 11.8 Å². The summed E-state index contributed by atoms with van der Waals surface area (Å²) in [5.41, 5.74) is 0.679. The molecule has 0 aromatic heterocycles. The second-order valence-corrected chi connectivity index (χ2v) is 5.11. The molecule has 0 saturated carbocycles. The molecule has 13 heteroatoms. The zero-order valence-corrected chi connectivity index (χ0v) is 37.3. The van der Waals surface area contributed by atoms with Crippen molar-refractivity contribution in [3.63, 3.8) is 0 Å². The number of nitrogens with zero attached hydrogens (tertiary/aromatic N) is 3. The Bertz CT molecular complexity index is 322. The van der Waals surface area contributed by atoms with Gasteiger partial charge in [-0.2, -0.15) is 0 Å². The summed E-state index contributed by atoms with van der Waals surface area (Å²) in [5.74, 6) is 0.553. The maximum Gasteiger partial charge on any atom is 0 e. The van der Waals surface area contributed by atoms with Gasteiger partial charge in [0.05, 0.1) is 0 Å². The first-order valence-corrected chi connectivity index (χ1v) is 6.46. The Balaban J connectivity index is -0.0000000402. The molecule has 0 N–H and O–H groups in total. The van der Waals surface area contributed by atoms with Crippen LogP contribution in [0.2, 0.25) is 0 Å². The first kappa shape index (κ1) is 50.1. The van der Waals surface area contributed by atoms with Crippen LogP contribution in [0.15, 0.2) is 14.4 Å². The minimum absolute atomic E-state index is 0. The zero-order chi connectivity index (χ0) is 11.1. The summed E-state index contributed by atoms with van der Waals surface area (Å²) >= 11 is 2.25. The van der Waals surface area contributed by atoms with Crippen LogP contribution in [-0.2, 0) is 191 Å². The second-order valence-electron chi connectivity index (χ2n) is 2.32.